The van der Waals surface area contributed by atoms with Gasteiger partial charge in [-0.15, -0.1) is 0 Å². The van der Waals surface area contributed by atoms with Crippen molar-refractivity contribution in [2.24, 2.45) is 0 Å². The number of aromatic nitrogens is 4. The fourth-order valence-corrected chi connectivity index (χ4v) is 4.34. The molecule has 3 N–H and O–H groups in total. The topological polar surface area (TPSA) is 120 Å². The number of hydrogen-bond donors (Lipinski definition) is 3. The number of carbonyl (C=O) groups excluding carboxylic acids is 2. The summed E-state index contributed by atoms with van der Waals surface area (Å²) >= 11 is 0. The molecule has 11 nitrogen and oxygen atoms in total. The van der Waals surface area contributed by atoms with E-state index in [-0.39, 0.29) is 11.5 Å². The number of rotatable bonds is 5. The van der Waals surface area contributed by atoms with Crippen molar-refractivity contribution in [3.8, 4) is 0 Å². The Labute approximate surface area is 208 Å². The molecule has 0 atom stereocenters. The highest BCUT2D eigenvalue weighted by Crippen LogP contribution is 2.32. The molecule has 37 heavy (non-hydrogen) atoms. The average molecular weight is 513 g/mol. The zero-order chi connectivity index (χ0) is 25.7. The average Bonchev–Trinajstić information content (AvgIpc) is 3.51. The van der Waals surface area contributed by atoms with E-state index in [1.807, 2.05) is 11.0 Å². The van der Waals surface area contributed by atoms with Crippen LogP contribution in [0, 0.1) is 0 Å². The quantitative estimate of drug-likeness (QED) is 0.351. The molecule has 3 fully saturated rings. The molecule has 1 aliphatic carbocycles. The number of fused-ring (bicyclic) bond motifs is 1. The van der Waals surface area contributed by atoms with E-state index in [9.17, 15) is 22.8 Å². The van der Waals surface area contributed by atoms with Crippen LogP contribution in [0.25, 0.3) is 11.7 Å². The zero-order valence-corrected chi connectivity index (χ0v) is 19.4. The predicted octanol–water partition coefficient (Wildman–Crippen LogP) is 2.22. The van der Waals surface area contributed by atoms with Gasteiger partial charge < -0.3 is 20.4 Å². The van der Waals surface area contributed by atoms with Crippen LogP contribution < -0.4 is 25.8 Å². The highest BCUT2D eigenvalue weighted by molar-refractivity contribution is 6.14. The van der Waals surface area contributed by atoms with Crippen molar-refractivity contribution in [3.63, 3.8) is 0 Å². The highest BCUT2D eigenvalue weighted by atomic mass is 19.4. The summed E-state index contributed by atoms with van der Waals surface area (Å²) in [5.74, 6) is 1.17. The molecule has 0 unspecified atom stereocenters. The Morgan fingerprint density at radius 2 is 1.76 bits per heavy atom. The van der Waals surface area contributed by atoms with Gasteiger partial charge >= 0.3 is 12.2 Å². The maximum absolute atomic E-state index is 13.1. The van der Waals surface area contributed by atoms with Crippen LogP contribution in [0.4, 0.5) is 35.4 Å². The largest absolute Gasteiger partial charge is 0.416 e. The molecule has 0 bridgehead atoms. The smallest absolute Gasteiger partial charge is 0.367 e. The van der Waals surface area contributed by atoms with Crippen LogP contribution in [0.2, 0.25) is 0 Å². The van der Waals surface area contributed by atoms with Crippen LogP contribution in [0.15, 0.2) is 36.3 Å². The van der Waals surface area contributed by atoms with Gasteiger partial charge in [0.1, 0.15) is 23.2 Å². The molecule has 6 rings (SSSR count). The second-order valence-electron chi connectivity index (χ2n) is 9.09. The van der Waals surface area contributed by atoms with Gasteiger partial charge in [-0.2, -0.15) is 22.8 Å². The molecule has 3 aromatic rings. The van der Waals surface area contributed by atoms with Gasteiger partial charge in [0.2, 0.25) is 0 Å². The minimum absolute atomic E-state index is 0.103. The molecule has 0 radical (unpaired) electrons. The normalized spacial score (nSPS) is 19.5. The van der Waals surface area contributed by atoms with Crippen LogP contribution >= 0.6 is 0 Å². The third-order valence-corrected chi connectivity index (χ3v) is 6.44. The number of hydrogen-bond acceptors (Lipinski definition) is 8. The zero-order valence-electron chi connectivity index (χ0n) is 19.4. The molecule has 0 aromatic carbocycles. The van der Waals surface area contributed by atoms with Crippen molar-refractivity contribution in [1.29, 1.82) is 0 Å². The van der Waals surface area contributed by atoms with Gasteiger partial charge in [-0.1, -0.05) is 0 Å². The molecule has 5 heterocycles. The van der Waals surface area contributed by atoms with Gasteiger partial charge in [-0.3, -0.25) is 10.1 Å². The molecule has 2 saturated heterocycles. The lowest BCUT2D eigenvalue weighted by Crippen LogP contribution is -2.47. The van der Waals surface area contributed by atoms with E-state index in [2.05, 4.69) is 30.9 Å². The number of urea groups is 1. The Kier molecular flexibility index (Phi) is 5.38. The first kappa shape index (κ1) is 23.1. The number of imide groups is 1. The summed E-state index contributed by atoms with van der Waals surface area (Å²) in [6.45, 7) is 1.98. The first-order chi connectivity index (χ1) is 17.7. The number of halogens is 3. The standard InChI is InChI=1S/C23H22F3N9O2/c24-23(25,26)14-3-4-27-17(10-14)33-5-7-34(8-6-33)18-11-19(29-15-1-2-15)35-20(31-18)13(12-28-35)9-16-21(36)32-22(37)30-16/h3-4,9-12,15,29H,1-2,5-8H2,(H2,30,32,36,37)/b16-9-. The number of carbonyl (C=O) groups is 2. The van der Waals surface area contributed by atoms with E-state index >= 15 is 0 Å². The van der Waals surface area contributed by atoms with E-state index in [1.54, 1.807) is 10.7 Å². The highest BCUT2D eigenvalue weighted by Gasteiger charge is 2.32. The Morgan fingerprint density at radius 1 is 1.03 bits per heavy atom. The molecule has 14 heteroatoms. The minimum Gasteiger partial charge on any atom is -0.367 e. The van der Waals surface area contributed by atoms with E-state index in [4.69, 9.17) is 4.98 Å². The van der Waals surface area contributed by atoms with E-state index in [1.165, 1.54) is 12.3 Å². The number of nitrogens with one attached hydrogen (secondary N) is 3. The van der Waals surface area contributed by atoms with Gasteiger partial charge in [0.15, 0.2) is 5.65 Å². The second-order valence-corrected chi connectivity index (χ2v) is 9.09. The third kappa shape index (κ3) is 4.61. The SMILES string of the molecule is O=C1NC(=O)/C(=C/c2cnn3c(NC4CC4)cc(N4CCN(c5cc(C(F)(F)F)ccn5)CC4)nc23)N1. The Balaban J connectivity index is 1.27. The fourth-order valence-electron chi connectivity index (χ4n) is 4.34. The monoisotopic (exact) mass is 513 g/mol. The van der Waals surface area contributed by atoms with Gasteiger partial charge in [-0.05, 0) is 31.1 Å². The first-order valence-electron chi connectivity index (χ1n) is 11.8. The number of pyridine rings is 1. The molecule has 0 spiro atoms. The molecular formula is C23H22F3N9O2. The van der Waals surface area contributed by atoms with Gasteiger partial charge in [0, 0.05) is 50.0 Å². The van der Waals surface area contributed by atoms with Crippen molar-refractivity contribution in [3.05, 3.63) is 47.4 Å². The molecule has 2 aliphatic heterocycles. The minimum atomic E-state index is -4.43. The number of nitrogens with zero attached hydrogens (tertiary/aromatic N) is 6. The van der Waals surface area contributed by atoms with Gasteiger partial charge in [-0.25, -0.2) is 14.8 Å². The lowest BCUT2D eigenvalue weighted by molar-refractivity contribution is -0.137. The lowest BCUT2D eigenvalue weighted by Gasteiger charge is -2.36. The van der Waals surface area contributed by atoms with Gasteiger partial charge in [0.05, 0.1) is 11.8 Å². The van der Waals surface area contributed by atoms with Crippen LogP contribution in [0.3, 0.4) is 0 Å². The van der Waals surface area contributed by atoms with Crippen molar-refractivity contribution < 1.29 is 22.8 Å². The summed E-state index contributed by atoms with van der Waals surface area (Å²) in [4.78, 5) is 36.3. The van der Waals surface area contributed by atoms with Crippen molar-refractivity contribution in [2.45, 2.75) is 25.1 Å². The van der Waals surface area contributed by atoms with Crippen molar-refractivity contribution in [1.82, 2.24) is 30.2 Å². The third-order valence-electron chi connectivity index (χ3n) is 6.44. The summed E-state index contributed by atoms with van der Waals surface area (Å²) in [5.41, 5.74) is 0.437. The summed E-state index contributed by atoms with van der Waals surface area (Å²) in [6.07, 6.45) is 1.95. The first-order valence-corrected chi connectivity index (χ1v) is 11.8. The van der Waals surface area contributed by atoms with Crippen molar-refractivity contribution in [2.75, 3.05) is 41.3 Å². The van der Waals surface area contributed by atoms with Crippen LogP contribution in [-0.4, -0.2) is 63.7 Å². The number of piperazine rings is 1. The summed E-state index contributed by atoms with van der Waals surface area (Å²) in [6, 6.07) is 3.68. The number of anilines is 3. The second kappa shape index (κ2) is 8.64. The lowest BCUT2D eigenvalue weighted by atomic mass is 10.2. The summed E-state index contributed by atoms with van der Waals surface area (Å²) in [7, 11) is 0. The molecule has 3 amide bonds. The van der Waals surface area contributed by atoms with E-state index < -0.39 is 23.7 Å². The predicted molar refractivity (Wildman–Crippen MR) is 128 cm³/mol. The Morgan fingerprint density at radius 3 is 2.41 bits per heavy atom. The molecule has 1 saturated carbocycles. The Hall–Kier alpha value is -4.36. The fraction of sp³-hybridized carbons (Fsp3) is 0.348. The summed E-state index contributed by atoms with van der Waals surface area (Å²) in [5, 5.41) is 12.5. The molecule has 3 aliphatic rings. The number of amides is 3. The van der Waals surface area contributed by atoms with Crippen LogP contribution in [0.1, 0.15) is 24.0 Å². The van der Waals surface area contributed by atoms with E-state index in [0.29, 0.717) is 49.2 Å². The molecular weight excluding hydrogens is 491 g/mol. The maximum Gasteiger partial charge on any atom is 0.416 e. The van der Waals surface area contributed by atoms with Crippen LogP contribution in [0.5, 0.6) is 0 Å². The maximum atomic E-state index is 13.1. The molecule has 192 valence electrons. The summed E-state index contributed by atoms with van der Waals surface area (Å²) < 4.78 is 41.1. The Bertz CT molecular complexity index is 1420. The molecule has 3 aromatic heterocycles. The van der Waals surface area contributed by atoms with E-state index in [0.717, 1.165) is 30.8 Å². The van der Waals surface area contributed by atoms with Gasteiger partial charge in [0.25, 0.3) is 5.91 Å². The van der Waals surface area contributed by atoms with Crippen molar-refractivity contribution >= 4 is 41.1 Å². The van der Waals surface area contributed by atoms with Crippen LogP contribution in [-0.2, 0) is 11.0 Å². The number of alkyl halides is 3.